The van der Waals surface area contributed by atoms with Crippen molar-refractivity contribution in [3.05, 3.63) is 58.1 Å². The van der Waals surface area contributed by atoms with E-state index < -0.39 is 0 Å². The van der Waals surface area contributed by atoms with Crippen molar-refractivity contribution in [1.29, 1.82) is 0 Å². The molecule has 0 fully saturated rings. The molecule has 3 nitrogen and oxygen atoms in total. The third-order valence-electron chi connectivity index (χ3n) is 3.22. The molecule has 3 rings (SSSR count). The van der Waals surface area contributed by atoms with Crippen molar-refractivity contribution in [3.8, 4) is 0 Å². The Balaban J connectivity index is 2.08. The average molecular weight is 351 g/mol. The number of aryl methyl sites for hydroxylation is 1. The van der Waals surface area contributed by atoms with E-state index in [4.69, 9.17) is 11.6 Å². The SMILES string of the molecule is Cc1ccc(Cn2c(CCl)nc3ccc(Br)cc32)cn1. The molecule has 2 heterocycles. The van der Waals surface area contributed by atoms with Crippen LogP contribution in [0, 0.1) is 6.92 Å². The Hall–Kier alpha value is -1.39. The van der Waals surface area contributed by atoms with Crippen LogP contribution in [0.4, 0.5) is 0 Å². The van der Waals surface area contributed by atoms with Crippen LogP contribution in [0.2, 0.25) is 0 Å². The van der Waals surface area contributed by atoms with Gasteiger partial charge in [-0.3, -0.25) is 4.98 Å². The van der Waals surface area contributed by atoms with Crippen LogP contribution in [0.1, 0.15) is 17.1 Å². The quantitative estimate of drug-likeness (QED) is 0.660. The van der Waals surface area contributed by atoms with Gasteiger partial charge in [-0.2, -0.15) is 0 Å². The van der Waals surface area contributed by atoms with Crippen molar-refractivity contribution >= 4 is 38.6 Å². The monoisotopic (exact) mass is 349 g/mol. The maximum absolute atomic E-state index is 6.02. The fraction of sp³-hybridized carbons (Fsp3) is 0.200. The van der Waals surface area contributed by atoms with E-state index in [2.05, 4.69) is 42.6 Å². The number of imidazole rings is 1. The molecular weight excluding hydrogens is 338 g/mol. The highest BCUT2D eigenvalue weighted by Gasteiger charge is 2.10. The summed E-state index contributed by atoms with van der Waals surface area (Å²) in [5, 5.41) is 0. The van der Waals surface area contributed by atoms with Crippen LogP contribution in [0.25, 0.3) is 11.0 Å². The lowest BCUT2D eigenvalue weighted by Crippen LogP contribution is -2.04. The number of aromatic nitrogens is 3. The van der Waals surface area contributed by atoms with E-state index in [9.17, 15) is 0 Å². The summed E-state index contributed by atoms with van der Waals surface area (Å²) in [6.45, 7) is 2.71. The van der Waals surface area contributed by atoms with E-state index in [-0.39, 0.29) is 0 Å². The molecule has 0 saturated carbocycles. The molecular formula is C15H13BrClN3. The minimum Gasteiger partial charge on any atom is -0.322 e. The largest absolute Gasteiger partial charge is 0.322 e. The van der Waals surface area contributed by atoms with E-state index in [1.54, 1.807) is 0 Å². The molecule has 0 radical (unpaired) electrons. The first-order chi connectivity index (χ1) is 9.67. The maximum atomic E-state index is 6.02. The predicted octanol–water partition coefficient (Wildman–Crippen LogP) is 4.29. The number of halogens is 2. The summed E-state index contributed by atoms with van der Waals surface area (Å²) in [5.41, 5.74) is 4.20. The number of fused-ring (bicyclic) bond motifs is 1. The van der Waals surface area contributed by atoms with Crippen molar-refractivity contribution in [1.82, 2.24) is 14.5 Å². The van der Waals surface area contributed by atoms with Crippen molar-refractivity contribution in [3.63, 3.8) is 0 Å². The average Bonchev–Trinajstić information content (AvgIpc) is 2.79. The second-order valence-electron chi connectivity index (χ2n) is 4.69. The molecule has 0 aliphatic heterocycles. The first-order valence-electron chi connectivity index (χ1n) is 6.29. The van der Waals surface area contributed by atoms with Crippen LogP contribution in [-0.2, 0) is 12.4 Å². The van der Waals surface area contributed by atoms with Crippen LogP contribution < -0.4 is 0 Å². The summed E-state index contributed by atoms with van der Waals surface area (Å²) < 4.78 is 3.17. The zero-order chi connectivity index (χ0) is 14.1. The van der Waals surface area contributed by atoms with Crippen LogP contribution in [0.5, 0.6) is 0 Å². The molecule has 0 aliphatic carbocycles. The first-order valence-corrected chi connectivity index (χ1v) is 7.62. The molecule has 1 aromatic carbocycles. The Kier molecular flexibility index (Phi) is 3.76. The maximum Gasteiger partial charge on any atom is 0.125 e. The van der Waals surface area contributed by atoms with Gasteiger partial charge >= 0.3 is 0 Å². The van der Waals surface area contributed by atoms with Crippen molar-refractivity contribution < 1.29 is 0 Å². The molecule has 3 aromatic rings. The third-order valence-corrected chi connectivity index (χ3v) is 3.95. The zero-order valence-corrected chi connectivity index (χ0v) is 13.3. The highest BCUT2D eigenvalue weighted by atomic mass is 79.9. The van der Waals surface area contributed by atoms with Gasteiger partial charge in [0.05, 0.1) is 23.5 Å². The molecule has 0 bridgehead atoms. The number of benzene rings is 1. The minimum atomic E-state index is 0.394. The molecule has 0 aliphatic rings. The van der Waals surface area contributed by atoms with E-state index >= 15 is 0 Å². The number of pyridine rings is 1. The second-order valence-corrected chi connectivity index (χ2v) is 5.87. The van der Waals surface area contributed by atoms with Gasteiger partial charge in [0.2, 0.25) is 0 Å². The van der Waals surface area contributed by atoms with Gasteiger partial charge in [0.25, 0.3) is 0 Å². The van der Waals surface area contributed by atoms with Gasteiger partial charge in [-0.15, -0.1) is 11.6 Å². The minimum absolute atomic E-state index is 0.394. The molecule has 0 unspecified atom stereocenters. The highest BCUT2D eigenvalue weighted by Crippen LogP contribution is 2.23. The van der Waals surface area contributed by atoms with Crippen LogP contribution in [0.3, 0.4) is 0 Å². The first kappa shape index (κ1) is 13.6. The normalized spacial score (nSPS) is 11.2. The van der Waals surface area contributed by atoms with E-state index in [1.165, 1.54) is 0 Å². The van der Waals surface area contributed by atoms with Gasteiger partial charge in [0, 0.05) is 16.4 Å². The number of alkyl halides is 1. The number of nitrogens with zero attached hydrogens (tertiary/aromatic N) is 3. The van der Waals surface area contributed by atoms with Gasteiger partial charge in [0.1, 0.15) is 5.82 Å². The van der Waals surface area contributed by atoms with Gasteiger partial charge in [-0.1, -0.05) is 22.0 Å². The fourth-order valence-corrected chi connectivity index (χ4v) is 2.75. The molecule has 0 N–H and O–H groups in total. The lowest BCUT2D eigenvalue weighted by atomic mass is 10.2. The summed E-state index contributed by atoms with van der Waals surface area (Å²) in [5.74, 6) is 1.27. The Morgan fingerprint density at radius 1 is 1.25 bits per heavy atom. The predicted molar refractivity (Wildman–Crippen MR) is 85.1 cm³/mol. The topological polar surface area (TPSA) is 30.7 Å². The second kappa shape index (κ2) is 5.54. The Labute approximate surface area is 130 Å². The van der Waals surface area contributed by atoms with E-state index in [0.29, 0.717) is 5.88 Å². The van der Waals surface area contributed by atoms with Gasteiger partial charge in [-0.05, 0) is 36.8 Å². The molecule has 2 aromatic heterocycles. The van der Waals surface area contributed by atoms with Gasteiger partial charge in [-0.25, -0.2) is 4.98 Å². The molecule has 0 spiro atoms. The molecule has 0 atom stereocenters. The van der Waals surface area contributed by atoms with Crippen LogP contribution in [0.15, 0.2) is 41.0 Å². The van der Waals surface area contributed by atoms with Crippen molar-refractivity contribution in [2.45, 2.75) is 19.3 Å². The summed E-state index contributed by atoms with van der Waals surface area (Å²) in [4.78, 5) is 8.91. The van der Waals surface area contributed by atoms with E-state index in [0.717, 1.165) is 39.1 Å². The third kappa shape index (κ3) is 2.58. The summed E-state index contributed by atoms with van der Waals surface area (Å²) >= 11 is 9.53. The fourth-order valence-electron chi connectivity index (χ4n) is 2.20. The lowest BCUT2D eigenvalue weighted by molar-refractivity contribution is 0.774. The highest BCUT2D eigenvalue weighted by molar-refractivity contribution is 9.10. The van der Waals surface area contributed by atoms with Crippen LogP contribution in [-0.4, -0.2) is 14.5 Å². The number of hydrogen-bond acceptors (Lipinski definition) is 2. The molecule has 5 heteroatoms. The van der Waals surface area contributed by atoms with Crippen molar-refractivity contribution in [2.75, 3.05) is 0 Å². The van der Waals surface area contributed by atoms with Crippen LogP contribution >= 0.6 is 27.5 Å². The summed E-state index contributed by atoms with van der Waals surface area (Å²) in [6, 6.07) is 10.2. The lowest BCUT2D eigenvalue weighted by Gasteiger charge is -2.08. The van der Waals surface area contributed by atoms with Gasteiger partial charge < -0.3 is 4.57 Å². The molecule has 20 heavy (non-hydrogen) atoms. The molecule has 0 saturated heterocycles. The summed E-state index contributed by atoms with van der Waals surface area (Å²) in [7, 11) is 0. The molecule has 102 valence electrons. The van der Waals surface area contributed by atoms with E-state index in [1.807, 2.05) is 31.3 Å². The zero-order valence-electron chi connectivity index (χ0n) is 11.0. The smallest absolute Gasteiger partial charge is 0.125 e. The Morgan fingerprint density at radius 2 is 2.10 bits per heavy atom. The Bertz CT molecular complexity index is 750. The Morgan fingerprint density at radius 3 is 2.80 bits per heavy atom. The van der Waals surface area contributed by atoms with Crippen molar-refractivity contribution in [2.24, 2.45) is 0 Å². The number of rotatable bonds is 3. The summed E-state index contributed by atoms with van der Waals surface area (Å²) in [6.07, 6.45) is 1.90. The molecule has 0 amide bonds. The number of hydrogen-bond donors (Lipinski definition) is 0. The standard InChI is InChI=1S/C15H13BrClN3/c1-10-2-3-11(8-18-10)9-20-14-6-12(16)4-5-13(14)19-15(20)7-17/h2-6,8H,7,9H2,1H3. The van der Waals surface area contributed by atoms with Gasteiger partial charge in [0.15, 0.2) is 0 Å².